The Morgan fingerprint density at radius 1 is 1.29 bits per heavy atom. The maximum atomic E-state index is 12.6. The summed E-state index contributed by atoms with van der Waals surface area (Å²) in [7, 11) is -4.45. The van der Waals surface area contributed by atoms with Crippen molar-refractivity contribution >= 4 is 31.9 Å². The highest BCUT2D eigenvalue weighted by atomic mass is 79.9. The molecule has 0 aliphatic carbocycles. The van der Waals surface area contributed by atoms with Gasteiger partial charge in [-0.25, -0.2) is 8.42 Å². The van der Waals surface area contributed by atoms with Crippen molar-refractivity contribution in [3.8, 4) is 0 Å². The zero-order valence-corrected chi connectivity index (χ0v) is 13.2. The van der Waals surface area contributed by atoms with E-state index in [4.69, 9.17) is 5.11 Å². The maximum absolute atomic E-state index is 12.6. The Balaban J connectivity index is 3.36. The lowest BCUT2D eigenvalue weighted by Crippen LogP contribution is -2.49. The topological polar surface area (TPSA) is 83.5 Å². The first-order valence-corrected chi connectivity index (χ1v) is 7.69. The summed E-state index contributed by atoms with van der Waals surface area (Å²) in [6, 6.07) is 2.08. The second-order valence-corrected chi connectivity index (χ2v) is 7.18. The Morgan fingerprint density at radius 2 is 1.81 bits per heavy atom. The summed E-state index contributed by atoms with van der Waals surface area (Å²) in [5.74, 6) is -1.46. The van der Waals surface area contributed by atoms with Crippen LogP contribution in [0.4, 0.5) is 13.2 Å². The lowest BCUT2D eigenvalue weighted by molar-refractivity contribution is -0.142. The van der Waals surface area contributed by atoms with Crippen LogP contribution in [0, 0.1) is 0 Å². The van der Waals surface area contributed by atoms with Crippen molar-refractivity contribution in [3.05, 3.63) is 28.2 Å². The van der Waals surface area contributed by atoms with Crippen molar-refractivity contribution in [2.45, 2.75) is 30.5 Å². The summed E-state index contributed by atoms with van der Waals surface area (Å²) in [5.41, 5.74) is -3.02. The second-order valence-electron chi connectivity index (χ2n) is 4.68. The van der Waals surface area contributed by atoms with Crippen LogP contribution in [-0.4, -0.2) is 25.0 Å². The van der Waals surface area contributed by atoms with Crippen LogP contribution in [0.2, 0.25) is 0 Å². The van der Waals surface area contributed by atoms with E-state index in [0.29, 0.717) is 12.1 Å². The van der Waals surface area contributed by atoms with E-state index in [2.05, 4.69) is 15.9 Å². The normalized spacial score (nSPS) is 13.2. The summed E-state index contributed by atoms with van der Waals surface area (Å²) in [4.78, 5) is 10.2. The zero-order chi connectivity index (χ0) is 16.6. The van der Waals surface area contributed by atoms with E-state index in [1.54, 1.807) is 0 Å². The van der Waals surface area contributed by atoms with Gasteiger partial charge in [0, 0.05) is 4.47 Å². The van der Waals surface area contributed by atoms with Crippen LogP contribution < -0.4 is 4.72 Å². The predicted octanol–water partition coefficient (Wildman–Crippen LogP) is 2.61. The largest absolute Gasteiger partial charge is 0.480 e. The molecule has 0 aliphatic rings. The third kappa shape index (κ3) is 4.17. The van der Waals surface area contributed by atoms with Gasteiger partial charge in [-0.3, -0.25) is 4.79 Å². The molecule has 0 saturated carbocycles. The number of hydrogen-bond acceptors (Lipinski definition) is 3. The highest BCUT2D eigenvalue weighted by molar-refractivity contribution is 9.10. The van der Waals surface area contributed by atoms with Crippen LogP contribution in [-0.2, 0) is 21.0 Å². The first-order chi connectivity index (χ1) is 9.27. The molecule has 0 aliphatic heterocycles. The predicted molar refractivity (Wildman–Crippen MR) is 71.2 cm³/mol. The van der Waals surface area contributed by atoms with Gasteiger partial charge < -0.3 is 5.11 Å². The van der Waals surface area contributed by atoms with Gasteiger partial charge in [0.2, 0.25) is 10.0 Å². The summed E-state index contributed by atoms with van der Waals surface area (Å²) in [6.07, 6.45) is -4.71. The summed E-state index contributed by atoms with van der Waals surface area (Å²) in [6.45, 7) is 2.16. The van der Waals surface area contributed by atoms with Crippen LogP contribution in [0.5, 0.6) is 0 Å². The fourth-order valence-corrected chi connectivity index (χ4v) is 3.68. The van der Waals surface area contributed by atoms with Crippen molar-refractivity contribution in [2.75, 3.05) is 0 Å². The Bertz CT molecular complexity index is 671. The number of carboxylic acids is 1. The molecule has 0 radical (unpaired) electrons. The van der Waals surface area contributed by atoms with Gasteiger partial charge in [-0.1, -0.05) is 0 Å². The standard InChI is InChI=1S/C11H11BrF3NO4S/c1-10(2,9(17)18)16-21(19,20)8-5-6(11(13,14)15)3-4-7(8)12/h3-5,16H,1-2H3,(H,17,18). The van der Waals surface area contributed by atoms with E-state index in [1.165, 1.54) is 0 Å². The van der Waals surface area contributed by atoms with Gasteiger partial charge in [0.05, 0.1) is 10.5 Å². The van der Waals surface area contributed by atoms with Crippen LogP contribution >= 0.6 is 15.9 Å². The quantitative estimate of drug-likeness (QED) is 0.828. The first-order valence-electron chi connectivity index (χ1n) is 5.41. The van der Waals surface area contributed by atoms with E-state index in [-0.39, 0.29) is 4.47 Å². The Hall–Kier alpha value is -1.13. The van der Waals surface area contributed by atoms with Crippen LogP contribution in [0.15, 0.2) is 27.6 Å². The molecule has 0 bridgehead atoms. The van der Waals surface area contributed by atoms with Gasteiger partial charge in [0.25, 0.3) is 0 Å². The van der Waals surface area contributed by atoms with Crippen LogP contribution in [0.3, 0.4) is 0 Å². The maximum Gasteiger partial charge on any atom is 0.416 e. The third-order valence-corrected chi connectivity index (χ3v) is 5.12. The third-order valence-electron chi connectivity index (χ3n) is 2.47. The number of nitrogens with one attached hydrogen (secondary N) is 1. The molecule has 0 heterocycles. The van der Waals surface area contributed by atoms with Crippen molar-refractivity contribution in [2.24, 2.45) is 0 Å². The molecule has 5 nitrogen and oxygen atoms in total. The number of rotatable bonds is 4. The van der Waals surface area contributed by atoms with Gasteiger partial charge in [0.1, 0.15) is 5.54 Å². The number of halogens is 4. The van der Waals surface area contributed by atoms with Crippen molar-refractivity contribution in [1.82, 2.24) is 4.72 Å². The molecule has 2 N–H and O–H groups in total. The summed E-state index contributed by atoms with van der Waals surface area (Å²) >= 11 is 2.84. The molecular formula is C11H11BrF3NO4S. The van der Waals surface area contributed by atoms with Crippen molar-refractivity contribution in [3.63, 3.8) is 0 Å². The Labute approximate surface area is 127 Å². The number of hydrogen-bond donors (Lipinski definition) is 2. The van der Waals surface area contributed by atoms with E-state index in [0.717, 1.165) is 19.9 Å². The molecule has 0 unspecified atom stereocenters. The average Bonchev–Trinajstić information content (AvgIpc) is 2.25. The highest BCUT2D eigenvalue weighted by Gasteiger charge is 2.36. The number of alkyl halides is 3. The van der Waals surface area contributed by atoms with Crippen molar-refractivity contribution in [1.29, 1.82) is 0 Å². The van der Waals surface area contributed by atoms with Crippen LogP contribution in [0.25, 0.3) is 0 Å². The van der Waals surface area contributed by atoms with E-state index in [9.17, 15) is 26.4 Å². The smallest absolute Gasteiger partial charge is 0.416 e. The zero-order valence-electron chi connectivity index (χ0n) is 10.8. The first kappa shape index (κ1) is 17.9. The fraction of sp³-hybridized carbons (Fsp3) is 0.364. The van der Waals surface area contributed by atoms with Crippen LogP contribution in [0.1, 0.15) is 19.4 Å². The molecule has 0 spiro atoms. The minimum atomic E-state index is -4.71. The monoisotopic (exact) mass is 389 g/mol. The number of aliphatic carboxylic acids is 1. The molecule has 10 heteroatoms. The minimum Gasteiger partial charge on any atom is -0.480 e. The van der Waals surface area contributed by atoms with Gasteiger partial charge in [-0.2, -0.15) is 17.9 Å². The molecule has 1 aromatic carbocycles. The lowest BCUT2D eigenvalue weighted by Gasteiger charge is -2.21. The minimum absolute atomic E-state index is 0.107. The molecule has 21 heavy (non-hydrogen) atoms. The average molecular weight is 390 g/mol. The lowest BCUT2D eigenvalue weighted by atomic mass is 10.1. The SMILES string of the molecule is CC(C)(NS(=O)(=O)c1cc(C(F)(F)F)ccc1Br)C(=O)O. The second kappa shape index (κ2) is 5.58. The van der Waals surface area contributed by atoms with E-state index in [1.807, 2.05) is 4.72 Å². The molecule has 0 fully saturated rings. The number of carbonyl (C=O) groups is 1. The van der Waals surface area contributed by atoms with Gasteiger partial charge >= 0.3 is 12.1 Å². The molecule has 1 aromatic rings. The molecule has 0 aromatic heterocycles. The molecule has 0 saturated heterocycles. The number of benzene rings is 1. The van der Waals surface area contributed by atoms with E-state index >= 15 is 0 Å². The summed E-state index contributed by atoms with van der Waals surface area (Å²) in [5, 5.41) is 8.89. The van der Waals surface area contributed by atoms with E-state index < -0.39 is 38.2 Å². The molecule has 0 amide bonds. The number of sulfonamides is 1. The van der Waals surface area contributed by atoms with Crippen molar-refractivity contribution < 1.29 is 31.5 Å². The number of carboxylic acid groups (broad SMARTS) is 1. The Morgan fingerprint density at radius 3 is 2.24 bits per heavy atom. The van der Waals surface area contributed by atoms with Gasteiger partial charge in [-0.15, -0.1) is 0 Å². The van der Waals surface area contributed by atoms with Gasteiger partial charge in [0.15, 0.2) is 0 Å². The van der Waals surface area contributed by atoms with Gasteiger partial charge in [-0.05, 0) is 48.0 Å². The molecule has 0 atom stereocenters. The fourth-order valence-electron chi connectivity index (χ4n) is 1.32. The molecular weight excluding hydrogens is 379 g/mol. The molecule has 118 valence electrons. The summed E-state index contributed by atoms with van der Waals surface area (Å²) < 4.78 is 63.8. The Kier molecular flexibility index (Phi) is 4.76. The molecule has 1 rings (SSSR count). The highest BCUT2D eigenvalue weighted by Crippen LogP contribution is 2.33.